The molecule has 0 aliphatic carbocycles. The molecule has 1 saturated heterocycles. The van der Waals surface area contributed by atoms with Gasteiger partial charge in [-0.3, -0.25) is 4.90 Å². The average Bonchev–Trinajstić information content (AvgIpc) is 2.70. The third kappa shape index (κ3) is 2.14. The normalized spacial score (nSPS) is 17.4. The molecule has 3 nitrogen and oxygen atoms in total. The smallest absolute Gasteiger partial charge is 0.0499 e. The Bertz CT molecular complexity index is 555. The van der Waals surface area contributed by atoms with Crippen molar-refractivity contribution in [3.05, 3.63) is 35.0 Å². The minimum atomic E-state index is 0.842. The van der Waals surface area contributed by atoms with Crippen LogP contribution in [0.5, 0.6) is 0 Å². The number of nitrogens with one attached hydrogen (secondary N) is 1. The zero-order valence-corrected chi connectivity index (χ0v) is 11.4. The molecular formula is C14H18ClN3. The third-order valence-electron chi connectivity index (χ3n) is 3.73. The van der Waals surface area contributed by atoms with Gasteiger partial charge in [0.15, 0.2) is 0 Å². The Morgan fingerprint density at radius 3 is 2.78 bits per heavy atom. The number of aromatic nitrogens is 1. The highest BCUT2D eigenvalue weighted by atomic mass is 35.5. The molecule has 0 unspecified atom stereocenters. The Balaban J connectivity index is 1.92. The van der Waals surface area contributed by atoms with Crippen LogP contribution in [0, 0.1) is 0 Å². The molecule has 0 amide bonds. The summed E-state index contributed by atoms with van der Waals surface area (Å²) in [7, 11) is 2.12. The number of aryl methyl sites for hydroxylation is 1. The van der Waals surface area contributed by atoms with Crippen LogP contribution < -0.4 is 5.32 Å². The summed E-state index contributed by atoms with van der Waals surface area (Å²) in [5.74, 6) is 0. The van der Waals surface area contributed by atoms with Crippen molar-refractivity contribution in [2.24, 2.45) is 7.05 Å². The van der Waals surface area contributed by atoms with Gasteiger partial charge >= 0.3 is 0 Å². The molecule has 2 aromatic rings. The number of benzene rings is 1. The van der Waals surface area contributed by atoms with E-state index in [1.165, 1.54) is 11.2 Å². The van der Waals surface area contributed by atoms with Gasteiger partial charge in [-0.15, -0.1) is 0 Å². The molecule has 0 radical (unpaired) electrons. The Kier molecular flexibility index (Phi) is 3.29. The van der Waals surface area contributed by atoms with Crippen molar-refractivity contribution in [2.75, 3.05) is 26.2 Å². The molecule has 2 heterocycles. The minimum absolute atomic E-state index is 0.842. The van der Waals surface area contributed by atoms with Gasteiger partial charge in [-0.1, -0.05) is 17.7 Å². The fourth-order valence-corrected chi connectivity index (χ4v) is 2.85. The molecule has 0 spiro atoms. The fraction of sp³-hybridized carbons (Fsp3) is 0.429. The van der Waals surface area contributed by atoms with Gasteiger partial charge in [-0.25, -0.2) is 0 Å². The van der Waals surface area contributed by atoms with Crippen LogP contribution in [-0.4, -0.2) is 35.6 Å². The van der Waals surface area contributed by atoms with Crippen LogP contribution in [0.15, 0.2) is 24.3 Å². The molecule has 1 aliphatic heterocycles. The lowest BCUT2D eigenvalue weighted by atomic mass is 10.2. The highest BCUT2D eigenvalue weighted by molar-refractivity contribution is 6.35. The van der Waals surface area contributed by atoms with E-state index < -0.39 is 0 Å². The van der Waals surface area contributed by atoms with E-state index in [2.05, 4.69) is 34.0 Å². The minimum Gasteiger partial charge on any atom is -0.346 e. The highest BCUT2D eigenvalue weighted by Gasteiger charge is 2.14. The zero-order chi connectivity index (χ0) is 12.5. The summed E-state index contributed by atoms with van der Waals surface area (Å²) in [5.41, 5.74) is 2.55. The summed E-state index contributed by atoms with van der Waals surface area (Å²) in [6, 6.07) is 8.32. The van der Waals surface area contributed by atoms with Crippen molar-refractivity contribution in [3.8, 4) is 0 Å². The van der Waals surface area contributed by atoms with Crippen molar-refractivity contribution >= 4 is 22.5 Å². The summed E-state index contributed by atoms with van der Waals surface area (Å²) < 4.78 is 2.25. The summed E-state index contributed by atoms with van der Waals surface area (Å²) in [6.45, 7) is 5.42. The Labute approximate surface area is 112 Å². The molecule has 1 N–H and O–H groups in total. The van der Waals surface area contributed by atoms with Crippen LogP contribution in [0.3, 0.4) is 0 Å². The van der Waals surface area contributed by atoms with Gasteiger partial charge in [0, 0.05) is 61.4 Å². The first-order chi connectivity index (χ1) is 8.75. The number of hydrogen-bond acceptors (Lipinski definition) is 2. The molecule has 18 heavy (non-hydrogen) atoms. The lowest BCUT2D eigenvalue weighted by Crippen LogP contribution is -2.43. The largest absolute Gasteiger partial charge is 0.346 e. The van der Waals surface area contributed by atoms with Crippen LogP contribution in [0.4, 0.5) is 0 Å². The van der Waals surface area contributed by atoms with Gasteiger partial charge in [0.2, 0.25) is 0 Å². The van der Waals surface area contributed by atoms with Crippen molar-refractivity contribution in [1.82, 2.24) is 14.8 Å². The topological polar surface area (TPSA) is 20.2 Å². The van der Waals surface area contributed by atoms with E-state index in [0.717, 1.165) is 43.1 Å². The molecule has 3 rings (SSSR count). The molecule has 0 saturated carbocycles. The highest BCUT2D eigenvalue weighted by Crippen LogP contribution is 2.26. The Morgan fingerprint density at radius 2 is 2.06 bits per heavy atom. The number of nitrogens with zero attached hydrogens (tertiary/aromatic N) is 2. The predicted molar refractivity (Wildman–Crippen MR) is 76.1 cm³/mol. The lowest BCUT2D eigenvalue weighted by Gasteiger charge is -2.27. The van der Waals surface area contributed by atoms with Gasteiger partial charge in [0.05, 0.1) is 0 Å². The fourth-order valence-electron chi connectivity index (χ4n) is 2.63. The van der Waals surface area contributed by atoms with E-state index in [-0.39, 0.29) is 0 Å². The molecule has 1 aromatic carbocycles. The van der Waals surface area contributed by atoms with Crippen molar-refractivity contribution in [1.29, 1.82) is 0 Å². The first-order valence-electron chi connectivity index (χ1n) is 6.41. The van der Waals surface area contributed by atoms with E-state index in [4.69, 9.17) is 11.6 Å². The molecular weight excluding hydrogens is 246 g/mol. The van der Waals surface area contributed by atoms with Gasteiger partial charge in [-0.2, -0.15) is 0 Å². The van der Waals surface area contributed by atoms with Crippen LogP contribution in [0.2, 0.25) is 5.02 Å². The second-order valence-corrected chi connectivity index (χ2v) is 5.30. The number of halogens is 1. The lowest BCUT2D eigenvalue weighted by molar-refractivity contribution is 0.229. The second-order valence-electron chi connectivity index (χ2n) is 4.89. The number of rotatable bonds is 2. The van der Waals surface area contributed by atoms with Crippen LogP contribution in [0.25, 0.3) is 10.9 Å². The van der Waals surface area contributed by atoms with E-state index >= 15 is 0 Å². The van der Waals surface area contributed by atoms with Gasteiger partial charge in [0.25, 0.3) is 0 Å². The van der Waals surface area contributed by atoms with Crippen LogP contribution in [-0.2, 0) is 13.6 Å². The SMILES string of the molecule is Cn1c(CN2CCNCC2)cc2c(Cl)cccc21. The maximum Gasteiger partial charge on any atom is 0.0499 e. The van der Waals surface area contributed by atoms with Crippen LogP contribution >= 0.6 is 11.6 Å². The molecule has 4 heteroatoms. The first kappa shape index (κ1) is 12.0. The Morgan fingerprint density at radius 1 is 1.28 bits per heavy atom. The molecule has 1 fully saturated rings. The molecule has 1 aromatic heterocycles. The molecule has 0 atom stereocenters. The average molecular weight is 264 g/mol. The van der Waals surface area contributed by atoms with Crippen LogP contribution in [0.1, 0.15) is 5.69 Å². The summed E-state index contributed by atoms with van der Waals surface area (Å²) >= 11 is 6.25. The number of fused-ring (bicyclic) bond motifs is 1. The van der Waals surface area contributed by atoms with Crippen molar-refractivity contribution < 1.29 is 0 Å². The molecule has 0 bridgehead atoms. The van der Waals surface area contributed by atoms with Gasteiger partial charge < -0.3 is 9.88 Å². The summed E-state index contributed by atoms with van der Waals surface area (Å²) in [6.07, 6.45) is 0. The quantitative estimate of drug-likeness (QED) is 0.897. The molecule has 1 aliphatic rings. The van der Waals surface area contributed by atoms with Crippen molar-refractivity contribution in [3.63, 3.8) is 0 Å². The van der Waals surface area contributed by atoms with E-state index in [9.17, 15) is 0 Å². The second kappa shape index (κ2) is 4.92. The number of hydrogen-bond donors (Lipinski definition) is 1. The van der Waals surface area contributed by atoms with E-state index in [1.54, 1.807) is 0 Å². The maximum atomic E-state index is 6.25. The third-order valence-corrected chi connectivity index (χ3v) is 4.06. The maximum absolute atomic E-state index is 6.25. The molecule has 96 valence electrons. The van der Waals surface area contributed by atoms with E-state index in [0.29, 0.717) is 0 Å². The zero-order valence-electron chi connectivity index (χ0n) is 10.6. The Hall–Kier alpha value is -1.03. The predicted octanol–water partition coefficient (Wildman–Crippen LogP) is 2.24. The summed E-state index contributed by atoms with van der Waals surface area (Å²) in [4.78, 5) is 2.48. The van der Waals surface area contributed by atoms with Crippen molar-refractivity contribution in [2.45, 2.75) is 6.54 Å². The standard InChI is InChI=1S/C14H18ClN3/c1-17-11(10-18-7-5-16-6-8-18)9-12-13(15)3-2-4-14(12)17/h2-4,9,16H,5-8,10H2,1H3. The van der Waals surface area contributed by atoms with E-state index in [1.807, 2.05) is 12.1 Å². The van der Waals surface area contributed by atoms with Gasteiger partial charge in [0.1, 0.15) is 0 Å². The monoisotopic (exact) mass is 263 g/mol. The van der Waals surface area contributed by atoms with Gasteiger partial charge in [-0.05, 0) is 18.2 Å². The number of piperazine rings is 1. The first-order valence-corrected chi connectivity index (χ1v) is 6.79. The summed E-state index contributed by atoms with van der Waals surface area (Å²) in [5, 5.41) is 5.38.